The van der Waals surface area contributed by atoms with E-state index in [1.54, 1.807) is 0 Å². The number of hydrogen-bond donors (Lipinski definition) is 1. The SMILES string of the molecule is O=C(N[C@@H](Cc1ccccc1)C(=O)N1CCN(C2CCCC2)CC1)OCc1ccccc1. The summed E-state index contributed by atoms with van der Waals surface area (Å²) in [6, 6.07) is 19.4. The van der Waals surface area contributed by atoms with E-state index in [1.807, 2.05) is 65.6 Å². The average molecular weight is 436 g/mol. The van der Waals surface area contributed by atoms with Crippen molar-refractivity contribution in [2.45, 2.75) is 50.8 Å². The third-order valence-corrected chi connectivity index (χ3v) is 6.55. The van der Waals surface area contributed by atoms with Gasteiger partial charge in [-0.2, -0.15) is 0 Å². The van der Waals surface area contributed by atoms with Gasteiger partial charge >= 0.3 is 6.09 Å². The fourth-order valence-corrected chi connectivity index (χ4v) is 4.75. The molecule has 2 fully saturated rings. The van der Waals surface area contributed by atoms with Gasteiger partial charge in [-0.15, -0.1) is 0 Å². The second-order valence-corrected chi connectivity index (χ2v) is 8.75. The summed E-state index contributed by atoms with van der Waals surface area (Å²) < 4.78 is 5.39. The molecule has 0 bridgehead atoms. The molecule has 1 N–H and O–H groups in total. The Morgan fingerprint density at radius 2 is 1.47 bits per heavy atom. The molecule has 2 aromatic rings. The van der Waals surface area contributed by atoms with E-state index in [0.717, 1.165) is 24.2 Å². The zero-order valence-electron chi connectivity index (χ0n) is 18.6. The van der Waals surface area contributed by atoms with Gasteiger partial charge in [0.05, 0.1) is 0 Å². The van der Waals surface area contributed by atoms with Gasteiger partial charge in [0.15, 0.2) is 0 Å². The Labute approximate surface area is 190 Å². The molecule has 6 nitrogen and oxygen atoms in total. The molecule has 1 saturated carbocycles. The van der Waals surface area contributed by atoms with Gasteiger partial charge in [-0.1, -0.05) is 73.5 Å². The van der Waals surface area contributed by atoms with Crippen LogP contribution in [0.3, 0.4) is 0 Å². The molecule has 1 aliphatic carbocycles. The maximum absolute atomic E-state index is 13.4. The van der Waals surface area contributed by atoms with Crippen molar-refractivity contribution in [2.24, 2.45) is 0 Å². The minimum atomic E-state index is -0.640. The molecular weight excluding hydrogens is 402 g/mol. The third-order valence-electron chi connectivity index (χ3n) is 6.55. The maximum Gasteiger partial charge on any atom is 0.408 e. The van der Waals surface area contributed by atoms with Crippen molar-refractivity contribution in [1.29, 1.82) is 0 Å². The van der Waals surface area contributed by atoms with Crippen molar-refractivity contribution >= 4 is 12.0 Å². The molecule has 32 heavy (non-hydrogen) atoms. The largest absolute Gasteiger partial charge is 0.445 e. The average Bonchev–Trinajstić information content (AvgIpc) is 3.38. The van der Waals surface area contributed by atoms with Gasteiger partial charge in [-0.05, 0) is 24.0 Å². The second-order valence-electron chi connectivity index (χ2n) is 8.75. The predicted octanol–water partition coefficient (Wildman–Crippen LogP) is 3.61. The Morgan fingerprint density at radius 1 is 0.875 bits per heavy atom. The first-order chi connectivity index (χ1) is 15.7. The van der Waals surface area contributed by atoms with Crippen LogP contribution in [0.2, 0.25) is 0 Å². The van der Waals surface area contributed by atoms with Crippen LogP contribution in [0.15, 0.2) is 60.7 Å². The number of hydrogen-bond acceptors (Lipinski definition) is 4. The summed E-state index contributed by atoms with van der Waals surface area (Å²) in [7, 11) is 0. The number of benzene rings is 2. The molecule has 170 valence electrons. The summed E-state index contributed by atoms with van der Waals surface area (Å²) in [5.74, 6) is -0.0309. The quantitative estimate of drug-likeness (QED) is 0.722. The topological polar surface area (TPSA) is 61.9 Å². The van der Waals surface area contributed by atoms with Crippen LogP contribution in [0.25, 0.3) is 0 Å². The Hall–Kier alpha value is -2.86. The Kier molecular flexibility index (Phi) is 7.77. The van der Waals surface area contributed by atoms with Gasteiger partial charge < -0.3 is 15.0 Å². The van der Waals surface area contributed by atoms with E-state index in [4.69, 9.17) is 4.74 Å². The minimum Gasteiger partial charge on any atom is -0.445 e. The van der Waals surface area contributed by atoms with Crippen LogP contribution in [-0.4, -0.2) is 60.1 Å². The van der Waals surface area contributed by atoms with E-state index in [9.17, 15) is 9.59 Å². The zero-order chi connectivity index (χ0) is 22.2. The molecule has 2 amide bonds. The normalized spacial score (nSPS) is 18.3. The highest BCUT2D eigenvalue weighted by molar-refractivity contribution is 5.86. The van der Waals surface area contributed by atoms with E-state index < -0.39 is 12.1 Å². The van der Waals surface area contributed by atoms with Crippen molar-refractivity contribution < 1.29 is 14.3 Å². The molecule has 1 aliphatic heterocycles. The van der Waals surface area contributed by atoms with E-state index in [-0.39, 0.29) is 12.5 Å². The highest BCUT2D eigenvalue weighted by atomic mass is 16.5. The number of nitrogens with one attached hydrogen (secondary N) is 1. The van der Waals surface area contributed by atoms with Crippen LogP contribution in [-0.2, 0) is 22.6 Å². The van der Waals surface area contributed by atoms with Gasteiger partial charge in [0.2, 0.25) is 5.91 Å². The fourth-order valence-electron chi connectivity index (χ4n) is 4.75. The molecule has 0 radical (unpaired) electrons. The molecule has 0 unspecified atom stereocenters. The lowest BCUT2D eigenvalue weighted by Gasteiger charge is -2.39. The maximum atomic E-state index is 13.4. The summed E-state index contributed by atoms with van der Waals surface area (Å²) in [6.07, 6.45) is 5.07. The van der Waals surface area contributed by atoms with Crippen molar-refractivity contribution in [3.63, 3.8) is 0 Å². The molecule has 4 rings (SSSR count). The van der Waals surface area contributed by atoms with Crippen LogP contribution < -0.4 is 5.32 Å². The number of amides is 2. The molecule has 1 saturated heterocycles. The number of piperazine rings is 1. The first kappa shape index (κ1) is 22.3. The lowest BCUT2D eigenvalue weighted by atomic mass is 10.0. The molecule has 1 heterocycles. The number of carbonyl (C=O) groups is 2. The summed E-state index contributed by atoms with van der Waals surface area (Å²) in [5.41, 5.74) is 1.93. The fraction of sp³-hybridized carbons (Fsp3) is 0.462. The summed E-state index contributed by atoms with van der Waals surface area (Å²) in [4.78, 5) is 30.3. The van der Waals surface area contributed by atoms with E-state index in [1.165, 1.54) is 25.7 Å². The molecular formula is C26H33N3O3. The monoisotopic (exact) mass is 435 g/mol. The Morgan fingerprint density at radius 3 is 2.09 bits per heavy atom. The first-order valence-corrected chi connectivity index (χ1v) is 11.7. The van der Waals surface area contributed by atoms with Crippen molar-refractivity contribution in [2.75, 3.05) is 26.2 Å². The minimum absolute atomic E-state index is 0.0309. The summed E-state index contributed by atoms with van der Waals surface area (Å²) in [5, 5.41) is 2.83. The number of nitrogens with zero attached hydrogens (tertiary/aromatic N) is 2. The lowest BCUT2D eigenvalue weighted by Crippen LogP contribution is -2.56. The molecule has 0 aromatic heterocycles. The predicted molar refractivity (Wildman–Crippen MR) is 124 cm³/mol. The van der Waals surface area contributed by atoms with Crippen molar-refractivity contribution in [3.05, 3.63) is 71.8 Å². The summed E-state index contributed by atoms with van der Waals surface area (Å²) >= 11 is 0. The van der Waals surface area contributed by atoms with Crippen LogP contribution in [0.5, 0.6) is 0 Å². The van der Waals surface area contributed by atoms with Crippen LogP contribution in [0.4, 0.5) is 4.79 Å². The second kappa shape index (κ2) is 11.1. The van der Waals surface area contributed by atoms with E-state index in [0.29, 0.717) is 25.6 Å². The Bertz CT molecular complexity index is 860. The lowest BCUT2D eigenvalue weighted by molar-refractivity contribution is -0.135. The van der Waals surface area contributed by atoms with Gasteiger partial charge in [0, 0.05) is 38.6 Å². The number of rotatable bonds is 7. The van der Waals surface area contributed by atoms with Gasteiger partial charge in [-0.25, -0.2) is 4.79 Å². The standard InChI is InChI=1S/C26H33N3O3/c30-25(29-17-15-28(16-18-29)23-13-7-8-14-23)24(19-21-9-3-1-4-10-21)27-26(31)32-20-22-11-5-2-6-12-22/h1-6,9-12,23-24H,7-8,13-20H2,(H,27,31)/t24-/m0/s1. The molecule has 1 atom stereocenters. The van der Waals surface area contributed by atoms with Crippen LogP contribution in [0.1, 0.15) is 36.8 Å². The van der Waals surface area contributed by atoms with Crippen molar-refractivity contribution in [3.8, 4) is 0 Å². The zero-order valence-corrected chi connectivity index (χ0v) is 18.6. The van der Waals surface area contributed by atoms with Crippen LogP contribution >= 0.6 is 0 Å². The molecule has 2 aromatic carbocycles. The Balaban J connectivity index is 1.36. The summed E-state index contributed by atoms with van der Waals surface area (Å²) in [6.45, 7) is 3.42. The van der Waals surface area contributed by atoms with Gasteiger partial charge in [0.25, 0.3) is 0 Å². The number of carbonyl (C=O) groups excluding carboxylic acids is 2. The highest BCUT2D eigenvalue weighted by Crippen LogP contribution is 2.24. The van der Waals surface area contributed by atoms with Gasteiger partial charge in [0.1, 0.15) is 12.6 Å². The van der Waals surface area contributed by atoms with Crippen LogP contribution in [0, 0.1) is 0 Å². The molecule has 0 spiro atoms. The highest BCUT2D eigenvalue weighted by Gasteiger charge is 2.31. The third kappa shape index (κ3) is 6.10. The molecule has 2 aliphatic rings. The van der Waals surface area contributed by atoms with Gasteiger partial charge in [-0.3, -0.25) is 9.69 Å². The van der Waals surface area contributed by atoms with E-state index >= 15 is 0 Å². The van der Waals surface area contributed by atoms with E-state index in [2.05, 4.69) is 10.2 Å². The smallest absolute Gasteiger partial charge is 0.408 e. The molecule has 6 heteroatoms. The number of ether oxygens (including phenoxy) is 1. The van der Waals surface area contributed by atoms with Crippen molar-refractivity contribution in [1.82, 2.24) is 15.1 Å². The number of alkyl carbamates (subject to hydrolysis) is 1. The first-order valence-electron chi connectivity index (χ1n) is 11.7.